The average Bonchev–Trinajstić information content (AvgIpc) is 2.82. The van der Waals surface area contributed by atoms with Crippen molar-refractivity contribution in [1.29, 1.82) is 0 Å². The Morgan fingerprint density at radius 1 is 1.26 bits per heavy atom. The largest absolute Gasteiger partial charge is 0.386 e. The molecular formula is C15H13BrFNO. The van der Waals surface area contributed by atoms with Gasteiger partial charge in [0.15, 0.2) is 0 Å². The molecule has 98 valence electrons. The third kappa shape index (κ3) is 2.31. The molecule has 0 saturated heterocycles. The molecule has 0 bridgehead atoms. The van der Waals surface area contributed by atoms with Crippen molar-refractivity contribution in [2.75, 3.05) is 0 Å². The monoisotopic (exact) mass is 321 g/mol. The van der Waals surface area contributed by atoms with Gasteiger partial charge in [0.2, 0.25) is 0 Å². The van der Waals surface area contributed by atoms with Gasteiger partial charge in [0.25, 0.3) is 0 Å². The van der Waals surface area contributed by atoms with E-state index in [9.17, 15) is 9.50 Å². The number of hydrogen-bond acceptors (Lipinski definition) is 2. The summed E-state index contributed by atoms with van der Waals surface area (Å²) in [5.74, 6) is -0.395. The fraction of sp³-hybridized carbons (Fsp3) is 0.200. The Kier molecular flexibility index (Phi) is 3.39. The lowest BCUT2D eigenvalue weighted by atomic mass is 9.96. The quantitative estimate of drug-likeness (QED) is 0.887. The summed E-state index contributed by atoms with van der Waals surface area (Å²) in [5, 5.41) is 13.7. The van der Waals surface area contributed by atoms with Crippen LogP contribution < -0.4 is 5.32 Å². The Balaban J connectivity index is 1.95. The Morgan fingerprint density at radius 2 is 2.05 bits per heavy atom. The van der Waals surface area contributed by atoms with Gasteiger partial charge in [-0.2, -0.15) is 0 Å². The fourth-order valence-electron chi connectivity index (χ4n) is 2.53. The van der Waals surface area contributed by atoms with Gasteiger partial charge in [-0.05, 0) is 23.3 Å². The zero-order chi connectivity index (χ0) is 13.4. The minimum absolute atomic E-state index is 0.258. The number of aliphatic hydroxyl groups excluding tert-OH is 1. The van der Waals surface area contributed by atoms with E-state index < -0.39 is 11.9 Å². The molecule has 0 spiro atoms. The normalized spacial score (nSPS) is 19.2. The molecule has 2 nitrogen and oxygen atoms in total. The summed E-state index contributed by atoms with van der Waals surface area (Å²) in [6, 6.07) is 12.4. The Morgan fingerprint density at radius 3 is 2.84 bits per heavy atom. The number of fused-ring (bicyclic) bond motifs is 1. The van der Waals surface area contributed by atoms with E-state index >= 15 is 0 Å². The fourth-order valence-corrected chi connectivity index (χ4v) is 2.86. The molecule has 1 aliphatic rings. The van der Waals surface area contributed by atoms with Crippen LogP contribution in [0.15, 0.2) is 46.9 Å². The molecule has 0 fully saturated rings. The molecule has 2 atom stereocenters. The molecule has 4 heteroatoms. The summed E-state index contributed by atoms with van der Waals surface area (Å²) in [5.41, 5.74) is 2.51. The lowest BCUT2D eigenvalue weighted by Gasteiger charge is -2.20. The van der Waals surface area contributed by atoms with Crippen LogP contribution in [0.4, 0.5) is 4.39 Å². The summed E-state index contributed by atoms with van der Waals surface area (Å²) in [4.78, 5) is 0. The minimum Gasteiger partial charge on any atom is -0.386 e. The van der Waals surface area contributed by atoms with E-state index in [2.05, 4.69) is 21.2 Å². The van der Waals surface area contributed by atoms with Gasteiger partial charge in [-0.1, -0.05) is 46.3 Å². The maximum Gasteiger partial charge on any atom is 0.130 e. The summed E-state index contributed by atoms with van der Waals surface area (Å²) in [7, 11) is 0. The Labute approximate surface area is 119 Å². The standard InChI is InChI=1S/C15H13BrFNO/c16-10-5-6-12(13(17)7-10)15(19)14-11-4-2-1-3-9(11)8-18-14/h1-7,14-15,18-19H,8H2. The summed E-state index contributed by atoms with van der Waals surface area (Å²) in [6.45, 7) is 0.704. The van der Waals surface area contributed by atoms with Gasteiger partial charge in [0.05, 0.1) is 6.04 Å². The predicted octanol–water partition coefficient (Wildman–Crippen LogP) is 3.47. The first-order valence-electron chi connectivity index (χ1n) is 6.11. The highest BCUT2D eigenvalue weighted by atomic mass is 79.9. The van der Waals surface area contributed by atoms with Crippen LogP contribution in [0, 0.1) is 5.82 Å². The van der Waals surface area contributed by atoms with Crippen molar-refractivity contribution in [2.24, 2.45) is 0 Å². The molecule has 3 rings (SSSR count). The molecule has 1 aliphatic heterocycles. The van der Waals surface area contributed by atoms with Crippen molar-refractivity contribution in [3.63, 3.8) is 0 Å². The van der Waals surface area contributed by atoms with Crippen molar-refractivity contribution >= 4 is 15.9 Å². The number of halogens is 2. The van der Waals surface area contributed by atoms with E-state index in [1.165, 1.54) is 6.07 Å². The molecule has 0 radical (unpaired) electrons. The number of hydrogen-bond donors (Lipinski definition) is 2. The van der Waals surface area contributed by atoms with E-state index in [4.69, 9.17) is 0 Å². The second-order valence-electron chi connectivity index (χ2n) is 4.67. The Bertz CT molecular complexity index is 617. The first-order valence-corrected chi connectivity index (χ1v) is 6.90. The number of benzene rings is 2. The molecule has 1 heterocycles. The molecule has 2 N–H and O–H groups in total. The van der Waals surface area contributed by atoms with E-state index in [1.54, 1.807) is 12.1 Å². The topological polar surface area (TPSA) is 32.3 Å². The second kappa shape index (κ2) is 5.04. The van der Waals surface area contributed by atoms with Gasteiger partial charge < -0.3 is 10.4 Å². The van der Waals surface area contributed by atoms with Crippen molar-refractivity contribution in [2.45, 2.75) is 18.7 Å². The van der Waals surface area contributed by atoms with Gasteiger partial charge in [-0.25, -0.2) is 4.39 Å². The first-order chi connectivity index (χ1) is 9.16. The molecule has 0 saturated carbocycles. The molecule has 0 aliphatic carbocycles. The van der Waals surface area contributed by atoms with Gasteiger partial charge >= 0.3 is 0 Å². The van der Waals surface area contributed by atoms with Crippen LogP contribution in [-0.2, 0) is 6.54 Å². The smallest absolute Gasteiger partial charge is 0.130 e. The van der Waals surface area contributed by atoms with Crippen LogP contribution in [0.1, 0.15) is 28.8 Å². The highest BCUT2D eigenvalue weighted by molar-refractivity contribution is 9.10. The number of aliphatic hydroxyl groups is 1. The second-order valence-corrected chi connectivity index (χ2v) is 5.58. The van der Waals surface area contributed by atoms with Crippen molar-refractivity contribution in [1.82, 2.24) is 5.32 Å². The third-order valence-corrected chi connectivity index (χ3v) is 3.99. The molecule has 19 heavy (non-hydrogen) atoms. The lowest BCUT2D eigenvalue weighted by molar-refractivity contribution is 0.129. The molecular weight excluding hydrogens is 309 g/mol. The first kappa shape index (κ1) is 12.8. The van der Waals surface area contributed by atoms with Crippen LogP contribution in [0.3, 0.4) is 0 Å². The van der Waals surface area contributed by atoms with Crippen LogP contribution in [0.2, 0.25) is 0 Å². The van der Waals surface area contributed by atoms with Gasteiger partial charge in [0, 0.05) is 16.6 Å². The maximum atomic E-state index is 13.9. The van der Waals surface area contributed by atoms with Crippen LogP contribution in [-0.4, -0.2) is 5.11 Å². The highest BCUT2D eigenvalue weighted by Gasteiger charge is 2.30. The average molecular weight is 322 g/mol. The third-order valence-electron chi connectivity index (χ3n) is 3.50. The number of rotatable bonds is 2. The summed E-state index contributed by atoms with van der Waals surface area (Å²) in [6.07, 6.45) is -0.892. The summed E-state index contributed by atoms with van der Waals surface area (Å²) >= 11 is 3.22. The van der Waals surface area contributed by atoms with E-state index in [0.717, 1.165) is 11.1 Å². The maximum absolute atomic E-state index is 13.9. The van der Waals surface area contributed by atoms with Gasteiger partial charge in [0.1, 0.15) is 11.9 Å². The predicted molar refractivity (Wildman–Crippen MR) is 75.1 cm³/mol. The molecule has 0 aromatic heterocycles. The zero-order valence-corrected chi connectivity index (χ0v) is 11.7. The zero-order valence-electron chi connectivity index (χ0n) is 10.1. The van der Waals surface area contributed by atoms with E-state index in [0.29, 0.717) is 16.6 Å². The van der Waals surface area contributed by atoms with Crippen molar-refractivity contribution in [3.8, 4) is 0 Å². The highest BCUT2D eigenvalue weighted by Crippen LogP contribution is 2.36. The van der Waals surface area contributed by atoms with Crippen LogP contribution in [0.25, 0.3) is 0 Å². The minimum atomic E-state index is -0.892. The van der Waals surface area contributed by atoms with Crippen molar-refractivity contribution in [3.05, 3.63) is 69.4 Å². The van der Waals surface area contributed by atoms with Crippen molar-refractivity contribution < 1.29 is 9.50 Å². The van der Waals surface area contributed by atoms with E-state index in [1.807, 2.05) is 24.3 Å². The molecule has 0 amide bonds. The molecule has 2 unspecified atom stereocenters. The van der Waals surface area contributed by atoms with Crippen LogP contribution >= 0.6 is 15.9 Å². The summed E-state index contributed by atoms with van der Waals surface area (Å²) < 4.78 is 14.6. The van der Waals surface area contributed by atoms with Gasteiger partial charge in [-0.15, -0.1) is 0 Å². The van der Waals surface area contributed by atoms with Gasteiger partial charge in [-0.3, -0.25) is 0 Å². The molecule has 2 aromatic carbocycles. The number of nitrogens with one attached hydrogen (secondary N) is 1. The van der Waals surface area contributed by atoms with Crippen LogP contribution in [0.5, 0.6) is 0 Å². The SMILES string of the molecule is OC(c1ccc(Br)cc1F)C1NCc2ccccc21. The van der Waals surface area contributed by atoms with E-state index in [-0.39, 0.29) is 6.04 Å². The molecule has 2 aromatic rings. The lowest BCUT2D eigenvalue weighted by Crippen LogP contribution is -2.21. The Hall–Kier alpha value is -1.23.